The van der Waals surface area contributed by atoms with Gasteiger partial charge in [0.1, 0.15) is 22.9 Å². The number of hydrogen-bond donors (Lipinski definition) is 1. The van der Waals surface area contributed by atoms with Crippen molar-refractivity contribution >= 4 is 28.3 Å². The highest BCUT2D eigenvalue weighted by atomic mass is 19.1. The second-order valence-corrected chi connectivity index (χ2v) is 6.85. The summed E-state index contributed by atoms with van der Waals surface area (Å²) in [5.41, 5.74) is -1.79. The number of hydrogen-bond acceptors (Lipinski definition) is 5. The van der Waals surface area contributed by atoms with E-state index in [1.54, 1.807) is 11.8 Å². The third kappa shape index (κ3) is 3.49. The van der Waals surface area contributed by atoms with Gasteiger partial charge in [-0.25, -0.2) is 13.6 Å². The third-order valence-electron chi connectivity index (χ3n) is 4.94. The zero-order chi connectivity index (χ0) is 20.6. The van der Waals surface area contributed by atoms with Crippen LogP contribution in [0.1, 0.15) is 24.2 Å². The van der Waals surface area contributed by atoms with Crippen molar-refractivity contribution in [3.8, 4) is 0 Å². The molecule has 0 saturated carbocycles. The van der Waals surface area contributed by atoms with E-state index in [4.69, 9.17) is 0 Å². The fraction of sp³-hybridized carbons (Fsp3) is 0.421. The Morgan fingerprint density at radius 1 is 1.18 bits per heavy atom. The number of Topliss-reactive ketones (excluding diaryl/α,β-unsaturated/α-hetero) is 1. The molecule has 0 bridgehead atoms. The molecule has 0 unspecified atom stereocenters. The van der Waals surface area contributed by atoms with Crippen molar-refractivity contribution in [1.82, 2.24) is 9.47 Å². The average Bonchev–Trinajstić information content (AvgIpc) is 2.63. The van der Waals surface area contributed by atoms with E-state index in [0.717, 1.165) is 12.3 Å². The molecular formula is C19H21F2N3O4. The first-order valence-corrected chi connectivity index (χ1v) is 8.99. The molecular weight excluding hydrogens is 372 g/mol. The SMILES string of the molecule is CCn1cc(C(=O)O)c(=O)c2cc(F)c(N3CCN(CC(C)=O)CC3)c(F)c21. The summed E-state index contributed by atoms with van der Waals surface area (Å²) < 4.78 is 31.4. The predicted molar refractivity (Wildman–Crippen MR) is 100 cm³/mol. The fourth-order valence-corrected chi connectivity index (χ4v) is 3.61. The standard InChI is InChI=1S/C19H21F2N3O4/c1-3-23-10-13(19(27)28)18(26)12-8-14(20)17(15(21)16(12)23)24-6-4-22(5-7-24)9-11(2)25/h8,10H,3-7,9H2,1-2H3,(H,27,28). The van der Waals surface area contributed by atoms with Gasteiger partial charge in [-0.3, -0.25) is 14.5 Å². The maximum Gasteiger partial charge on any atom is 0.341 e. The number of ketones is 1. The molecule has 1 aromatic carbocycles. The molecule has 2 heterocycles. The van der Waals surface area contributed by atoms with Gasteiger partial charge < -0.3 is 14.6 Å². The second-order valence-electron chi connectivity index (χ2n) is 6.85. The van der Waals surface area contributed by atoms with Crippen molar-refractivity contribution < 1.29 is 23.5 Å². The molecule has 0 aliphatic carbocycles. The summed E-state index contributed by atoms with van der Waals surface area (Å²) in [5, 5.41) is 8.90. The van der Waals surface area contributed by atoms with Gasteiger partial charge in [0.25, 0.3) is 0 Å². The number of carboxylic acids is 1. The molecule has 1 fully saturated rings. The minimum atomic E-state index is -1.44. The van der Waals surface area contributed by atoms with Gasteiger partial charge >= 0.3 is 5.97 Å². The van der Waals surface area contributed by atoms with Crippen LogP contribution >= 0.6 is 0 Å². The van der Waals surface area contributed by atoms with Crippen LogP contribution in [-0.4, -0.2) is 59.0 Å². The summed E-state index contributed by atoms with van der Waals surface area (Å²) in [7, 11) is 0. The molecule has 9 heteroatoms. The van der Waals surface area contributed by atoms with Gasteiger partial charge in [0.05, 0.1) is 17.4 Å². The number of aromatic carboxylic acids is 1. The molecule has 0 spiro atoms. The van der Waals surface area contributed by atoms with E-state index in [-0.39, 0.29) is 28.9 Å². The maximum absolute atomic E-state index is 15.3. The molecule has 1 aromatic heterocycles. The number of fused-ring (bicyclic) bond motifs is 1. The number of halogens is 2. The largest absolute Gasteiger partial charge is 0.477 e. The number of carboxylic acid groups (broad SMARTS) is 1. The smallest absolute Gasteiger partial charge is 0.341 e. The van der Waals surface area contributed by atoms with Gasteiger partial charge in [-0.1, -0.05) is 0 Å². The number of aromatic nitrogens is 1. The molecule has 150 valence electrons. The van der Waals surface area contributed by atoms with Crippen molar-refractivity contribution in [2.75, 3.05) is 37.6 Å². The van der Waals surface area contributed by atoms with Gasteiger partial charge in [-0.15, -0.1) is 0 Å². The van der Waals surface area contributed by atoms with Crippen molar-refractivity contribution in [3.05, 3.63) is 39.7 Å². The van der Waals surface area contributed by atoms with E-state index >= 15 is 4.39 Å². The molecule has 1 aliphatic heterocycles. The Hall–Kier alpha value is -2.81. The van der Waals surface area contributed by atoms with E-state index < -0.39 is 28.6 Å². The Kier molecular flexibility index (Phi) is 5.46. The number of pyridine rings is 1. The summed E-state index contributed by atoms with van der Waals surface area (Å²) in [5.74, 6) is -3.21. The molecule has 0 atom stereocenters. The fourth-order valence-electron chi connectivity index (χ4n) is 3.61. The Morgan fingerprint density at radius 3 is 2.36 bits per heavy atom. The van der Waals surface area contributed by atoms with Crippen LogP contribution in [-0.2, 0) is 11.3 Å². The van der Waals surface area contributed by atoms with Crippen LogP contribution in [0.5, 0.6) is 0 Å². The normalized spacial score (nSPS) is 15.2. The van der Waals surface area contributed by atoms with Gasteiger partial charge in [0.2, 0.25) is 5.43 Å². The van der Waals surface area contributed by atoms with E-state index in [1.807, 2.05) is 4.90 Å². The highest BCUT2D eigenvalue weighted by Gasteiger charge is 2.27. The van der Waals surface area contributed by atoms with Crippen LogP contribution in [0.4, 0.5) is 14.5 Å². The highest BCUT2D eigenvalue weighted by Crippen LogP contribution is 2.30. The zero-order valence-corrected chi connectivity index (χ0v) is 15.7. The van der Waals surface area contributed by atoms with Gasteiger partial charge in [-0.2, -0.15) is 0 Å². The molecule has 7 nitrogen and oxygen atoms in total. The van der Waals surface area contributed by atoms with Crippen LogP contribution in [0, 0.1) is 11.6 Å². The summed E-state index contributed by atoms with van der Waals surface area (Å²) in [6.07, 6.45) is 1.09. The van der Waals surface area contributed by atoms with Crippen LogP contribution in [0.15, 0.2) is 17.1 Å². The van der Waals surface area contributed by atoms with Crippen molar-refractivity contribution in [2.24, 2.45) is 0 Å². The van der Waals surface area contributed by atoms with Crippen molar-refractivity contribution in [3.63, 3.8) is 0 Å². The van der Waals surface area contributed by atoms with Gasteiger partial charge in [0, 0.05) is 38.9 Å². The lowest BCUT2D eigenvalue weighted by atomic mass is 10.1. The van der Waals surface area contributed by atoms with Crippen LogP contribution in [0.2, 0.25) is 0 Å². The summed E-state index contributed by atoms with van der Waals surface area (Å²) in [4.78, 5) is 38.4. The Labute approximate surface area is 159 Å². The number of carbonyl (C=O) groups excluding carboxylic acids is 1. The van der Waals surface area contributed by atoms with E-state index in [9.17, 15) is 23.9 Å². The quantitative estimate of drug-likeness (QED) is 0.833. The van der Waals surface area contributed by atoms with Gasteiger partial charge in [-0.05, 0) is 19.9 Å². The number of rotatable bonds is 5. The lowest BCUT2D eigenvalue weighted by molar-refractivity contribution is -0.118. The molecule has 28 heavy (non-hydrogen) atoms. The molecule has 1 N–H and O–H groups in total. The van der Waals surface area contributed by atoms with Crippen molar-refractivity contribution in [2.45, 2.75) is 20.4 Å². The van der Waals surface area contributed by atoms with Crippen molar-refractivity contribution in [1.29, 1.82) is 0 Å². The molecule has 2 aromatic rings. The lowest BCUT2D eigenvalue weighted by Crippen LogP contribution is -2.48. The number of nitrogens with zero attached hydrogens (tertiary/aromatic N) is 3. The average molecular weight is 393 g/mol. The molecule has 1 aliphatic rings. The summed E-state index contributed by atoms with van der Waals surface area (Å²) >= 11 is 0. The Morgan fingerprint density at radius 2 is 1.82 bits per heavy atom. The predicted octanol–water partition coefficient (Wildman–Crippen LogP) is 1.71. The first-order valence-electron chi connectivity index (χ1n) is 8.99. The molecule has 0 radical (unpaired) electrons. The second kappa shape index (κ2) is 7.67. The van der Waals surface area contributed by atoms with E-state index in [0.29, 0.717) is 32.7 Å². The van der Waals surface area contributed by atoms with Gasteiger partial charge in [0.15, 0.2) is 5.82 Å². The lowest BCUT2D eigenvalue weighted by Gasteiger charge is -2.36. The first-order chi connectivity index (χ1) is 13.2. The Bertz CT molecular complexity index is 1010. The summed E-state index contributed by atoms with van der Waals surface area (Å²) in [6, 6.07) is 0.913. The molecule has 3 rings (SSSR count). The topological polar surface area (TPSA) is 82.8 Å². The number of piperazine rings is 1. The number of carbonyl (C=O) groups is 2. The minimum Gasteiger partial charge on any atom is -0.477 e. The third-order valence-corrected chi connectivity index (χ3v) is 4.94. The van der Waals surface area contributed by atoms with E-state index in [1.165, 1.54) is 11.5 Å². The first kappa shape index (κ1) is 19.9. The number of aryl methyl sites for hydroxylation is 1. The minimum absolute atomic E-state index is 0.0257. The summed E-state index contributed by atoms with van der Waals surface area (Å²) in [6.45, 7) is 5.30. The monoisotopic (exact) mass is 393 g/mol. The number of benzene rings is 1. The number of anilines is 1. The maximum atomic E-state index is 15.3. The van der Waals surface area contributed by atoms with Crippen LogP contribution in [0.25, 0.3) is 10.9 Å². The van der Waals surface area contributed by atoms with E-state index in [2.05, 4.69) is 0 Å². The molecule has 1 saturated heterocycles. The highest BCUT2D eigenvalue weighted by molar-refractivity contribution is 5.93. The zero-order valence-electron chi connectivity index (χ0n) is 15.7. The Balaban J connectivity index is 2.09. The molecule has 0 amide bonds. The van der Waals surface area contributed by atoms with Crippen LogP contribution in [0.3, 0.4) is 0 Å². The van der Waals surface area contributed by atoms with Crippen LogP contribution < -0.4 is 10.3 Å².